The minimum Gasteiger partial charge on any atom is -0.352 e. The van der Waals surface area contributed by atoms with Crippen LogP contribution in [-0.2, 0) is 27.5 Å². The highest BCUT2D eigenvalue weighted by molar-refractivity contribution is 5.89. The van der Waals surface area contributed by atoms with E-state index in [2.05, 4.69) is 5.32 Å². The van der Waals surface area contributed by atoms with E-state index in [-0.39, 0.29) is 23.6 Å². The maximum absolute atomic E-state index is 12.7. The van der Waals surface area contributed by atoms with Crippen molar-refractivity contribution in [2.75, 3.05) is 13.1 Å². The summed E-state index contributed by atoms with van der Waals surface area (Å²) in [5, 5.41) is 3.03. The van der Waals surface area contributed by atoms with Crippen LogP contribution >= 0.6 is 0 Å². The standard InChI is InChI=1S/C22H29N3O3/c26-20-10-5-11-24(20)14-17-7-2-1-6-16(17)13-23-22(28)18-12-21(27)25(15-18)19-8-3-4-9-19/h1-2,6-7,18-19H,3-5,8-15H2,(H,23,28). The molecule has 0 aromatic heterocycles. The number of nitrogens with one attached hydrogen (secondary N) is 1. The first-order chi connectivity index (χ1) is 13.6. The van der Waals surface area contributed by atoms with Crippen LogP contribution in [0.25, 0.3) is 0 Å². The molecule has 1 aliphatic carbocycles. The molecule has 0 spiro atoms. The summed E-state index contributed by atoms with van der Waals surface area (Å²) in [6, 6.07) is 8.28. The van der Waals surface area contributed by atoms with Crippen LogP contribution < -0.4 is 5.32 Å². The number of nitrogens with zero attached hydrogens (tertiary/aromatic N) is 2. The molecule has 0 bridgehead atoms. The van der Waals surface area contributed by atoms with Crippen molar-refractivity contribution in [2.24, 2.45) is 5.92 Å². The van der Waals surface area contributed by atoms with Crippen LogP contribution in [-0.4, -0.2) is 46.7 Å². The number of hydrogen-bond donors (Lipinski definition) is 1. The predicted molar refractivity (Wildman–Crippen MR) is 105 cm³/mol. The molecule has 1 atom stereocenters. The Kier molecular flexibility index (Phi) is 5.64. The highest BCUT2D eigenvalue weighted by Gasteiger charge is 2.38. The van der Waals surface area contributed by atoms with E-state index in [1.807, 2.05) is 34.1 Å². The Morgan fingerprint density at radius 1 is 1.04 bits per heavy atom. The molecule has 28 heavy (non-hydrogen) atoms. The number of carbonyl (C=O) groups excluding carboxylic acids is 3. The zero-order valence-corrected chi connectivity index (χ0v) is 16.4. The summed E-state index contributed by atoms with van der Waals surface area (Å²) in [5.74, 6) is 0.0385. The third-order valence-corrected chi connectivity index (χ3v) is 6.40. The molecule has 6 nitrogen and oxygen atoms in total. The molecule has 2 heterocycles. The quantitative estimate of drug-likeness (QED) is 0.819. The van der Waals surface area contributed by atoms with Crippen LogP contribution in [0.1, 0.15) is 56.1 Å². The Balaban J connectivity index is 1.34. The second-order valence-corrected chi connectivity index (χ2v) is 8.29. The first-order valence-electron chi connectivity index (χ1n) is 10.5. The number of carbonyl (C=O) groups is 3. The van der Waals surface area contributed by atoms with Gasteiger partial charge in [-0.1, -0.05) is 37.1 Å². The fraction of sp³-hybridized carbons (Fsp3) is 0.591. The Hall–Kier alpha value is -2.37. The van der Waals surface area contributed by atoms with Crippen molar-refractivity contribution in [3.63, 3.8) is 0 Å². The molecule has 2 aliphatic heterocycles. The molecule has 150 valence electrons. The zero-order valence-electron chi connectivity index (χ0n) is 16.4. The van der Waals surface area contributed by atoms with Crippen molar-refractivity contribution in [1.29, 1.82) is 0 Å². The van der Waals surface area contributed by atoms with E-state index < -0.39 is 0 Å². The van der Waals surface area contributed by atoms with Gasteiger partial charge in [0.05, 0.1) is 5.92 Å². The van der Waals surface area contributed by atoms with Crippen molar-refractivity contribution in [3.05, 3.63) is 35.4 Å². The lowest BCUT2D eigenvalue weighted by Gasteiger charge is -2.24. The Bertz CT molecular complexity index is 757. The van der Waals surface area contributed by atoms with Gasteiger partial charge in [-0.25, -0.2) is 0 Å². The number of hydrogen-bond acceptors (Lipinski definition) is 3. The summed E-state index contributed by atoms with van der Waals surface area (Å²) >= 11 is 0. The molecule has 1 N–H and O–H groups in total. The van der Waals surface area contributed by atoms with Crippen molar-refractivity contribution in [3.8, 4) is 0 Å². The number of amides is 3. The van der Waals surface area contributed by atoms with Crippen LogP contribution in [0.4, 0.5) is 0 Å². The van der Waals surface area contributed by atoms with Crippen LogP contribution in [0.3, 0.4) is 0 Å². The van der Waals surface area contributed by atoms with Crippen molar-refractivity contribution < 1.29 is 14.4 Å². The van der Waals surface area contributed by atoms with Gasteiger partial charge in [-0.15, -0.1) is 0 Å². The molecule has 0 radical (unpaired) electrons. The highest BCUT2D eigenvalue weighted by atomic mass is 16.2. The fourth-order valence-corrected chi connectivity index (χ4v) is 4.76. The van der Waals surface area contributed by atoms with E-state index in [9.17, 15) is 14.4 Å². The average Bonchev–Trinajstić information content (AvgIpc) is 3.43. The average molecular weight is 383 g/mol. The van der Waals surface area contributed by atoms with Gasteiger partial charge in [0.15, 0.2) is 0 Å². The molecule has 6 heteroatoms. The monoisotopic (exact) mass is 383 g/mol. The van der Waals surface area contributed by atoms with Gasteiger partial charge in [0, 0.05) is 45.1 Å². The van der Waals surface area contributed by atoms with Gasteiger partial charge in [0.25, 0.3) is 0 Å². The van der Waals surface area contributed by atoms with E-state index in [0.717, 1.165) is 36.9 Å². The first kappa shape index (κ1) is 19.0. The lowest BCUT2D eigenvalue weighted by atomic mass is 10.1. The van der Waals surface area contributed by atoms with Gasteiger partial charge in [-0.3, -0.25) is 14.4 Å². The third-order valence-electron chi connectivity index (χ3n) is 6.40. The summed E-state index contributed by atoms with van der Waals surface area (Å²) in [6.07, 6.45) is 6.39. The number of rotatable bonds is 6. The largest absolute Gasteiger partial charge is 0.352 e. The fourth-order valence-electron chi connectivity index (χ4n) is 4.76. The van der Waals surface area contributed by atoms with Crippen molar-refractivity contribution >= 4 is 17.7 Å². The van der Waals surface area contributed by atoms with Crippen LogP contribution in [0.5, 0.6) is 0 Å². The Morgan fingerprint density at radius 3 is 2.50 bits per heavy atom. The molecule has 3 aliphatic rings. The first-order valence-corrected chi connectivity index (χ1v) is 10.5. The summed E-state index contributed by atoms with van der Waals surface area (Å²) in [4.78, 5) is 40.8. The number of benzene rings is 1. The summed E-state index contributed by atoms with van der Waals surface area (Å²) in [5.41, 5.74) is 2.11. The minimum absolute atomic E-state index is 0.0408. The highest BCUT2D eigenvalue weighted by Crippen LogP contribution is 2.29. The van der Waals surface area contributed by atoms with Gasteiger partial charge in [0.2, 0.25) is 17.7 Å². The van der Waals surface area contributed by atoms with Crippen LogP contribution in [0.15, 0.2) is 24.3 Å². The second-order valence-electron chi connectivity index (χ2n) is 8.29. The number of likely N-dealkylation sites (tertiary alicyclic amines) is 2. The van der Waals surface area contributed by atoms with E-state index in [1.54, 1.807) is 0 Å². The van der Waals surface area contributed by atoms with Gasteiger partial charge >= 0.3 is 0 Å². The second kappa shape index (κ2) is 8.33. The lowest BCUT2D eigenvalue weighted by molar-refractivity contribution is -0.130. The molecule has 1 unspecified atom stereocenters. The molecule has 3 fully saturated rings. The predicted octanol–water partition coefficient (Wildman–Crippen LogP) is 2.22. The lowest BCUT2D eigenvalue weighted by Crippen LogP contribution is -2.37. The summed E-state index contributed by atoms with van der Waals surface area (Å²) in [6.45, 7) is 2.40. The van der Waals surface area contributed by atoms with E-state index in [4.69, 9.17) is 0 Å². The van der Waals surface area contributed by atoms with Crippen molar-refractivity contribution in [2.45, 2.75) is 64.1 Å². The molecule has 1 aromatic carbocycles. The van der Waals surface area contributed by atoms with Gasteiger partial charge in [-0.2, -0.15) is 0 Å². The minimum atomic E-state index is -0.250. The maximum atomic E-state index is 12.7. The molecule has 1 saturated carbocycles. The van der Waals surface area contributed by atoms with E-state index in [0.29, 0.717) is 38.5 Å². The molecule has 1 aromatic rings. The van der Waals surface area contributed by atoms with Crippen LogP contribution in [0.2, 0.25) is 0 Å². The molecular weight excluding hydrogens is 354 g/mol. The molecule has 3 amide bonds. The zero-order chi connectivity index (χ0) is 19.5. The topological polar surface area (TPSA) is 69.7 Å². The molecule has 4 rings (SSSR count). The van der Waals surface area contributed by atoms with Gasteiger partial charge < -0.3 is 15.1 Å². The van der Waals surface area contributed by atoms with E-state index >= 15 is 0 Å². The van der Waals surface area contributed by atoms with Crippen LogP contribution in [0, 0.1) is 5.92 Å². The Labute approximate surface area is 166 Å². The molecule has 2 saturated heterocycles. The Morgan fingerprint density at radius 2 is 1.79 bits per heavy atom. The van der Waals surface area contributed by atoms with Crippen molar-refractivity contribution in [1.82, 2.24) is 15.1 Å². The maximum Gasteiger partial charge on any atom is 0.225 e. The summed E-state index contributed by atoms with van der Waals surface area (Å²) in [7, 11) is 0. The third kappa shape index (κ3) is 4.05. The SMILES string of the molecule is O=C(NCc1ccccc1CN1CCCC1=O)C1CC(=O)N(C2CCCC2)C1. The smallest absolute Gasteiger partial charge is 0.225 e. The summed E-state index contributed by atoms with van der Waals surface area (Å²) < 4.78 is 0. The van der Waals surface area contributed by atoms with E-state index in [1.165, 1.54) is 12.8 Å². The molecular formula is C22H29N3O3. The van der Waals surface area contributed by atoms with Gasteiger partial charge in [-0.05, 0) is 30.4 Å². The normalized spacial score (nSPS) is 23.1. The van der Waals surface area contributed by atoms with Gasteiger partial charge in [0.1, 0.15) is 0 Å².